The van der Waals surface area contributed by atoms with Crippen LogP contribution in [0.2, 0.25) is 0 Å². The summed E-state index contributed by atoms with van der Waals surface area (Å²) < 4.78 is 5.52. The molecule has 1 unspecified atom stereocenters. The number of fused-ring (bicyclic) bond motifs is 1. The summed E-state index contributed by atoms with van der Waals surface area (Å²) in [5.74, 6) is 0.890. The van der Waals surface area contributed by atoms with Crippen molar-refractivity contribution in [2.75, 3.05) is 25.1 Å². The summed E-state index contributed by atoms with van der Waals surface area (Å²) >= 11 is 0. The van der Waals surface area contributed by atoms with Gasteiger partial charge in [0.2, 0.25) is 0 Å². The first-order valence-corrected chi connectivity index (χ1v) is 9.10. The highest BCUT2D eigenvalue weighted by Gasteiger charge is 2.18. The van der Waals surface area contributed by atoms with Crippen LogP contribution in [0.3, 0.4) is 0 Å². The normalized spacial score (nSPS) is 12.3. The van der Waals surface area contributed by atoms with Crippen LogP contribution in [0.4, 0.5) is 5.69 Å². The summed E-state index contributed by atoms with van der Waals surface area (Å²) in [5.41, 5.74) is 7.87. The molecule has 0 saturated carbocycles. The smallest absolute Gasteiger partial charge is 0.121 e. The molecule has 2 N–H and O–H groups in total. The summed E-state index contributed by atoms with van der Waals surface area (Å²) in [5, 5.41) is 1.13. The zero-order valence-corrected chi connectivity index (χ0v) is 15.3. The monoisotopic (exact) mass is 329 g/mol. The number of aromatic nitrogens is 1. The van der Waals surface area contributed by atoms with Crippen molar-refractivity contribution >= 4 is 16.6 Å². The Labute approximate surface area is 146 Å². The number of benzene rings is 1. The molecule has 1 heterocycles. The average Bonchev–Trinajstić information content (AvgIpc) is 2.61. The minimum atomic E-state index is 0.477. The number of anilines is 1. The highest BCUT2D eigenvalue weighted by molar-refractivity contribution is 5.92. The van der Waals surface area contributed by atoms with Crippen molar-refractivity contribution in [1.29, 1.82) is 0 Å². The Balaban J connectivity index is 2.37. The molecule has 0 bridgehead atoms. The zero-order valence-electron chi connectivity index (χ0n) is 15.3. The van der Waals surface area contributed by atoms with Crippen LogP contribution >= 0.6 is 0 Å². The van der Waals surface area contributed by atoms with Crippen LogP contribution in [0.1, 0.15) is 46.0 Å². The number of methoxy groups -OCH3 is 1. The van der Waals surface area contributed by atoms with Crippen molar-refractivity contribution in [2.24, 2.45) is 5.73 Å². The van der Waals surface area contributed by atoms with E-state index in [4.69, 9.17) is 10.5 Å². The molecule has 0 saturated heterocycles. The molecule has 4 heteroatoms. The number of pyridine rings is 1. The molecule has 0 aliphatic carbocycles. The van der Waals surface area contributed by atoms with Crippen LogP contribution in [-0.2, 0) is 0 Å². The predicted molar refractivity (Wildman–Crippen MR) is 103 cm³/mol. The van der Waals surface area contributed by atoms with Gasteiger partial charge in [-0.05, 0) is 44.9 Å². The van der Waals surface area contributed by atoms with Gasteiger partial charge in [0.1, 0.15) is 5.75 Å². The minimum Gasteiger partial charge on any atom is -0.497 e. The van der Waals surface area contributed by atoms with E-state index in [1.54, 1.807) is 7.11 Å². The largest absolute Gasteiger partial charge is 0.497 e. The van der Waals surface area contributed by atoms with Crippen LogP contribution in [0.5, 0.6) is 5.75 Å². The van der Waals surface area contributed by atoms with Crippen molar-refractivity contribution in [2.45, 2.75) is 52.0 Å². The van der Waals surface area contributed by atoms with E-state index in [0.29, 0.717) is 6.04 Å². The Morgan fingerprint density at radius 3 is 2.79 bits per heavy atom. The molecule has 2 rings (SSSR count). The molecule has 1 aromatic heterocycles. The fourth-order valence-corrected chi connectivity index (χ4v) is 3.24. The zero-order chi connectivity index (χ0) is 17.4. The Morgan fingerprint density at radius 2 is 2.08 bits per heavy atom. The van der Waals surface area contributed by atoms with Gasteiger partial charge in [-0.3, -0.25) is 4.98 Å². The molecule has 132 valence electrons. The molecule has 24 heavy (non-hydrogen) atoms. The highest BCUT2D eigenvalue weighted by Crippen LogP contribution is 2.32. The topological polar surface area (TPSA) is 51.4 Å². The quantitative estimate of drug-likeness (QED) is 0.658. The second-order valence-electron chi connectivity index (χ2n) is 6.40. The van der Waals surface area contributed by atoms with Crippen molar-refractivity contribution < 1.29 is 4.74 Å². The Bertz CT molecular complexity index is 629. The van der Waals surface area contributed by atoms with Crippen molar-refractivity contribution in [3.05, 3.63) is 30.5 Å². The van der Waals surface area contributed by atoms with E-state index in [0.717, 1.165) is 42.6 Å². The first kappa shape index (κ1) is 18.5. The van der Waals surface area contributed by atoms with E-state index >= 15 is 0 Å². The average molecular weight is 329 g/mol. The molecule has 0 aliphatic heterocycles. The van der Waals surface area contributed by atoms with E-state index in [1.165, 1.54) is 24.9 Å². The first-order valence-electron chi connectivity index (χ1n) is 9.10. The van der Waals surface area contributed by atoms with Crippen molar-refractivity contribution in [3.63, 3.8) is 0 Å². The maximum absolute atomic E-state index is 5.64. The molecule has 0 aliphatic rings. The molecule has 0 amide bonds. The number of nitrogens with two attached hydrogens (primary N) is 1. The van der Waals surface area contributed by atoms with Gasteiger partial charge in [0, 0.05) is 30.2 Å². The van der Waals surface area contributed by atoms with Crippen LogP contribution in [-0.4, -0.2) is 31.2 Å². The number of unbranched alkanes of at least 4 members (excludes halogenated alkanes) is 2. The van der Waals surface area contributed by atoms with Crippen LogP contribution in [0.25, 0.3) is 10.9 Å². The highest BCUT2D eigenvalue weighted by atomic mass is 16.5. The van der Waals surface area contributed by atoms with Gasteiger partial charge >= 0.3 is 0 Å². The lowest BCUT2D eigenvalue weighted by Gasteiger charge is -2.32. The van der Waals surface area contributed by atoms with Gasteiger partial charge < -0.3 is 15.4 Å². The SMILES string of the molecule is CCCC(C)N(CCCCCN)c1cc(OC)cc2cccnc12. The third-order valence-corrected chi connectivity index (χ3v) is 4.55. The summed E-state index contributed by atoms with van der Waals surface area (Å²) in [4.78, 5) is 7.15. The Morgan fingerprint density at radius 1 is 1.25 bits per heavy atom. The first-order chi connectivity index (χ1) is 11.7. The third-order valence-electron chi connectivity index (χ3n) is 4.55. The Hall–Kier alpha value is -1.81. The molecular weight excluding hydrogens is 298 g/mol. The predicted octanol–water partition coefficient (Wildman–Crippen LogP) is 4.37. The van der Waals surface area contributed by atoms with E-state index in [2.05, 4.69) is 41.9 Å². The molecule has 0 fully saturated rings. The summed E-state index contributed by atoms with van der Waals surface area (Å²) in [7, 11) is 1.72. The van der Waals surface area contributed by atoms with Crippen molar-refractivity contribution in [1.82, 2.24) is 4.98 Å². The summed E-state index contributed by atoms with van der Waals surface area (Å²) in [6, 6.07) is 8.75. The number of ether oxygens (including phenoxy) is 1. The molecule has 4 nitrogen and oxygen atoms in total. The van der Waals surface area contributed by atoms with E-state index < -0.39 is 0 Å². The van der Waals surface area contributed by atoms with Gasteiger partial charge in [0.15, 0.2) is 0 Å². The van der Waals surface area contributed by atoms with Crippen LogP contribution in [0, 0.1) is 0 Å². The number of rotatable bonds is 10. The third kappa shape index (κ3) is 4.60. The molecule has 0 spiro atoms. The van der Waals surface area contributed by atoms with Gasteiger partial charge in [0.25, 0.3) is 0 Å². The lowest BCUT2D eigenvalue weighted by Crippen LogP contribution is -2.34. The molecule has 1 atom stereocenters. The second-order valence-corrected chi connectivity index (χ2v) is 6.40. The maximum atomic E-state index is 5.64. The lowest BCUT2D eigenvalue weighted by atomic mass is 10.1. The standard InChI is InChI=1S/C20H31N3O/c1-4-9-16(2)23(13-7-5-6-11-21)19-15-18(24-3)14-17-10-8-12-22-20(17)19/h8,10,12,14-16H,4-7,9,11,13,21H2,1-3H3. The number of nitrogens with zero attached hydrogens (tertiary/aromatic N) is 2. The second kappa shape index (κ2) is 9.48. The maximum Gasteiger partial charge on any atom is 0.121 e. The van der Waals surface area contributed by atoms with Gasteiger partial charge in [-0.2, -0.15) is 0 Å². The van der Waals surface area contributed by atoms with Crippen LogP contribution in [0.15, 0.2) is 30.5 Å². The fourth-order valence-electron chi connectivity index (χ4n) is 3.24. The molecule has 2 aromatic rings. The Kier molecular flexibility index (Phi) is 7.32. The van der Waals surface area contributed by atoms with Gasteiger partial charge in [-0.15, -0.1) is 0 Å². The van der Waals surface area contributed by atoms with Gasteiger partial charge in [0.05, 0.1) is 18.3 Å². The van der Waals surface area contributed by atoms with Crippen molar-refractivity contribution in [3.8, 4) is 5.75 Å². The molecular formula is C20H31N3O. The molecule has 0 radical (unpaired) electrons. The minimum absolute atomic E-state index is 0.477. The van der Waals surface area contributed by atoms with E-state index in [1.807, 2.05) is 12.3 Å². The van der Waals surface area contributed by atoms with Gasteiger partial charge in [-0.1, -0.05) is 25.8 Å². The van der Waals surface area contributed by atoms with Gasteiger partial charge in [-0.25, -0.2) is 0 Å². The lowest BCUT2D eigenvalue weighted by molar-refractivity contribution is 0.415. The van der Waals surface area contributed by atoms with E-state index in [9.17, 15) is 0 Å². The molecule has 1 aromatic carbocycles. The number of hydrogen-bond donors (Lipinski definition) is 1. The number of hydrogen-bond acceptors (Lipinski definition) is 4. The fraction of sp³-hybridized carbons (Fsp3) is 0.550. The van der Waals surface area contributed by atoms with Crippen LogP contribution < -0.4 is 15.4 Å². The van der Waals surface area contributed by atoms with E-state index in [-0.39, 0.29) is 0 Å². The summed E-state index contributed by atoms with van der Waals surface area (Å²) in [6.45, 7) is 6.35. The summed E-state index contributed by atoms with van der Waals surface area (Å²) in [6.07, 6.45) is 7.62.